The molecule has 0 bridgehead atoms. The number of esters is 1. The first-order valence-electron chi connectivity index (χ1n) is 7.56. The summed E-state index contributed by atoms with van der Waals surface area (Å²) in [6, 6.07) is 11.9. The van der Waals surface area contributed by atoms with Gasteiger partial charge in [-0.15, -0.1) is 0 Å². The summed E-state index contributed by atoms with van der Waals surface area (Å²) in [4.78, 5) is 26.2. The maximum Gasteiger partial charge on any atom is 0.330 e. The summed E-state index contributed by atoms with van der Waals surface area (Å²) in [6.45, 7) is 2.23. The number of rotatable bonds is 7. The van der Waals surface area contributed by atoms with Gasteiger partial charge in [-0.2, -0.15) is 0 Å². The molecule has 0 unspecified atom stereocenters. The Bertz CT molecular complexity index is 756. The SMILES string of the molecule is Cc1cccc(CCCOC(=O)/C=C/c2cccc([N+](=O)[O-])c2)n1. The van der Waals surface area contributed by atoms with Gasteiger partial charge in [0.05, 0.1) is 11.5 Å². The molecular weight excluding hydrogens is 308 g/mol. The normalized spacial score (nSPS) is 10.7. The Balaban J connectivity index is 1.77. The zero-order chi connectivity index (χ0) is 17.4. The zero-order valence-corrected chi connectivity index (χ0v) is 13.3. The summed E-state index contributed by atoms with van der Waals surface area (Å²) in [6.07, 6.45) is 4.19. The van der Waals surface area contributed by atoms with Crippen LogP contribution < -0.4 is 0 Å². The monoisotopic (exact) mass is 326 g/mol. The lowest BCUT2D eigenvalue weighted by Crippen LogP contribution is -2.04. The van der Waals surface area contributed by atoms with Crippen molar-refractivity contribution in [1.29, 1.82) is 0 Å². The van der Waals surface area contributed by atoms with Gasteiger partial charge in [-0.05, 0) is 43.5 Å². The number of non-ortho nitro benzene ring substituents is 1. The second kappa shape index (κ2) is 8.57. The van der Waals surface area contributed by atoms with Crippen molar-refractivity contribution in [2.75, 3.05) is 6.61 Å². The molecule has 1 aromatic heterocycles. The fourth-order valence-electron chi connectivity index (χ4n) is 2.12. The van der Waals surface area contributed by atoms with E-state index in [4.69, 9.17) is 4.74 Å². The third-order valence-electron chi connectivity index (χ3n) is 3.26. The first-order valence-corrected chi connectivity index (χ1v) is 7.56. The van der Waals surface area contributed by atoms with Gasteiger partial charge in [-0.1, -0.05) is 18.2 Å². The molecule has 0 atom stereocenters. The van der Waals surface area contributed by atoms with E-state index < -0.39 is 10.9 Å². The second-order valence-electron chi connectivity index (χ2n) is 5.23. The number of carbonyl (C=O) groups is 1. The number of nitrogens with zero attached hydrogens (tertiary/aromatic N) is 2. The molecule has 6 heteroatoms. The Morgan fingerprint density at radius 1 is 1.29 bits per heavy atom. The highest BCUT2D eigenvalue weighted by atomic mass is 16.6. The zero-order valence-electron chi connectivity index (χ0n) is 13.3. The van der Waals surface area contributed by atoms with Crippen LogP contribution >= 0.6 is 0 Å². The van der Waals surface area contributed by atoms with Gasteiger partial charge in [-0.3, -0.25) is 15.1 Å². The molecule has 0 aliphatic heterocycles. The molecule has 1 aromatic carbocycles. The van der Waals surface area contributed by atoms with Crippen molar-refractivity contribution >= 4 is 17.7 Å². The highest BCUT2D eigenvalue weighted by Gasteiger charge is 2.04. The van der Waals surface area contributed by atoms with E-state index in [-0.39, 0.29) is 5.69 Å². The van der Waals surface area contributed by atoms with Gasteiger partial charge in [-0.25, -0.2) is 4.79 Å². The number of pyridine rings is 1. The van der Waals surface area contributed by atoms with Gasteiger partial charge in [0.1, 0.15) is 0 Å². The molecule has 0 radical (unpaired) electrons. The average molecular weight is 326 g/mol. The summed E-state index contributed by atoms with van der Waals surface area (Å²) in [5.74, 6) is -0.473. The number of aryl methyl sites for hydroxylation is 2. The minimum Gasteiger partial charge on any atom is -0.463 e. The topological polar surface area (TPSA) is 82.3 Å². The summed E-state index contributed by atoms with van der Waals surface area (Å²) < 4.78 is 5.11. The first kappa shape index (κ1) is 17.3. The van der Waals surface area contributed by atoms with Crippen molar-refractivity contribution in [1.82, 2.24) is 4.98 Å². The number of carbonyl (C=O) groups excluding carboxylic acids is 1. The van der Waals surface area contributed by atoms with Gasteiger partial charge in [0.15, 0.2) is 0 Å². The number of nitro groups is 1. The summed E-state index contributed by atoms with van der Waals surface area (Å²) >= 11 is 0. The van der Waals surface area contributed by atoms with Crippen molar-refractivity contribution in [3.8, 4) is 0 Å². The van der Waals surface area contributed by atoms with Crippen LogP contribution in [-0.2, 0) is 16.0 Å². The van der Waals surface area contributed by atoms with Gasteiger partial charge in [0.2, 0.25) is 0 Å². The maximum atomic E-state index is 11.6. The third kappa shape index (κ3) is 5.64. The van der Waals surface area contributed by atoms with Crippen LogP contribution in [0, 0.1) is 17.0 Å². The average Bonchev–Trinajstić information content (AvgIpc) is 2.57. The van der Waals surface area contributed by atoms with Crippen LogP contribution in [0.5, 0.6) is 0 Å². The number of ether oxygens (including phenoxy) is 1. The third-order valence-corrected chi connectivity index (χ3v) is 3.26. The van der Waals surface area contributed by atoms with Crippen LogP contribution in [0.15, 0.2) is 48.5 Å². The second-order valence-corrected chi connectivity index (χ2v) is 5.23. The summed E-state index contributed by atoms with van der Waals surface area (Å²) in [5, 5.41) is 10.7. The van der Waals surface area contributed by atoms with E-state index in [1.54, 1.807) is 12.1 Å². The smallest absolute Gasteiger partial charge is 0.330 e. The maximum absolute atomic E-state index is 11.6. The molecule has 6 nitrogen and oxygen atoms in total. The number of aromatic nitrogens is 1. The standard InChI is InChI=1S/C18H18N2O4/c1-14-5-2-7-16(19-14)8-4-12-24-18(21)11-10-15-6-3-9-17(13-15)20(22)23/h2-3,5-7,9-11,13H,4,8,12H2,1H3/b11-10+. The largest absolute Gasteiger partial charge is 0.463 e. The van der Waals surface area contributed by atoms with Crippen LogP contribution in [0.1, 0.15) is 23.4 Å². The molecule has 24 heavy (non-hydrogen) atoms. The lowest BCUT2D eigenvalue weighted by molar-refractivity contribution is -0.384. The Kier molecular flexibility index (Phi) is 6.19. The van der Waals surface area contributed by atoms with E-state index >= 15 is 0 Å². The van der Waals surface area contributed by atoms with Gasteiger partial charge in [0, 0.05) is 29.6 Å². The van der Waals surface area contributed by atoms with Crippen LogP contribution in [0.25, 0.3) is 6.08 Å². The molecule has 0 aliphatic rings. The van der Waals surface area contributed by atoms with E-state index in [0.717, 1.165) is 17.8 Å². The van der Waals surface area contributed by atoms with E-state index in [9.17, 15) is 14.9 Å². The molecule has 2 aromatic rings. The van der Waals surface area contributed by atoms with Crippen LogP contribution in [-0.4, -0.2) is 22.5 Å². The molecule has 0 saturated heterocycles. The lowest BCUT2D eigenvalue weighted by Gasteiger charge is -2.03. The van der Waals surface area contributed by atoms with Crippen molar-refractivity contribution in [2.24, 2.45) is 0 Å². The molecule has 1 heterocycles. The van der Waals surface area contributed by atoms with Crippen molar-refractivity contribution in [2.45, 2.75) is 19.8 Å². The quantitative estimate of drug-likeness (QED) is 0.256. The fraction of sp³-hybridized carbons (Fsp3) is 0.222. The molecule has 0 saturated carbocycles. The number of hydrogen-bond acceptors (Lipinski definition) is 5. The molecule has 0 spiro atoms. The number of benzene rings is 1. The van der Waals surface area contributed by atoms with Crippen LogP contribution in [0.2, 0.25) is 0 Å². The predicted molar refractivity (Wildman–Crippen MR) is 90.4 cm³/mol. The summed E-state index contributed by atoms with van der Waals surface area (Å²) in [5.41, 5.74) is 2.49. The molecule has 2 rings (SSSR count). The minimum atomic E-state index is -0.477. The predicted octanol–water partition coefficient (Wildman–Crippen LogP) is 3.49. The highest BCUT2D eigenvalue weighted by molar-refractivity contribution is 5.87. The molecule has 0 N–H and O–H groups in total. The molecule has 124 valence electrons. The number of hydrogen-bond donors (Lipinski definition) is 0. The molecule has 0 fully saturated rings. The van der Waals surface area contributed by atoms with Crippen LogP contribution in [0.3, 0.4) is 0 Å². The van der Waals surface area contributed by atoms with Gasteiger partial charge >= 0.3 is 5.97 Å². The Morgan fingerprint density at radius 3 is 2.83 bits per heavy atom. The molecular formula is C18H18N2O4. The van der Waals surface area contributed by atoms with Crippen molar-refractivity contribution < 1.29 is 14.5 Å². The van der Waals surface area contributed by atoms with Gasteiger partial charge in [0.25, 0.3) is 5.69 Å². The van der Waals surface area contributed by atoms with E-state index in [1.807, 2.05) is 25.1 Å². The van der Waals surface area contributed by atoms with Crippen molar-refractivity contribution in [3.05, 3.63) is 75.6 Å². The van der Waals surface area contributed by atoms with Crippen molar-refractivity contribution in [3.63, 3.8) is 0 Å². The first-order chi connectivity index (χ1) is 11.5. The van der Waals surface area contributed by atoms with E-state index in [1.165, 1.54) is 24.3 Å². The fourth-order valence-corrected chi connectivity index (χ4v) is 2.12. The van der Waals surface area contributed by atoms with Gasteiger partial charge < -0.3 is 4.74 Å². The Morgan fingerprint density at radius 2 is 2.08 bits per heavy atom. The number of nitro benzene ring substituents is 1. The van der Waals surface area contributed by atoms with Crippen LogP contribution in [0.4, 0.5) is 5.69 Å². The lowest BCUT2D eigenvalue weighted by atomic mass is 10.2. The Labute approximate surface area is 140 Å². The molecule has 0 aliphatic carbocycles. The Hall–Kier alpha value is -3.02. The van der Waals surface area contributed by atoms with E-state index in [0.29, 0.717) is 18.6 Å². The molecule has 0 amide bonds. The summed E-state index contributed by atoms with van der Waals surface area (Å²) in [7, 11) is 0. The minimum absolute atomic E-state index is 0.0174. The van der Waals surface area contributed by atoms with E-state index in [2.05, 4.69) is 4.98 Å². The highest BCUT2D eigenvalue weighted by Crippen LogP contribution is 2.14.